The van der Waals surface area contributed by atoms with E-state index in [4.69, 9.17) is 14.5 Å². The minimum Gasteiger partial charge on any atom is -0.493 e. The van der Waals surface area contributed by atoms with Crippen molar-refractivity contribution < 1.29 is 19.4 Å². The summed E-state index contributed by atoms with van der Waals surface area (Å²) in [6.07, 6.45) is 0. The molecule has 0 aliphatic carbocycles. The number of hydrogen-bond acceptors (Lipinski definition) is 5. The first-order valence-electron chi connectivity index (χ1n) is 8.39. The van der Waals surface area contributed by atoms with E-state index in [0.29, 0.717) is 34.9 Å². The van der Waals surface area contributed by atoms with E-state index in [9.17, 15) is 9.90 Å². The van der Waals surface area contributed by atoms with E-state index in [-0.39, 0.29) is 0 Å². The van der Waals surface area contributed by atoms with E-state index >= 15 is 0 Å². The molecule has 2 rings (SSSR count). The largest absolute Gasteiger partial charge is 0.493 e. The number of methoxy groups -OCH3 is 2. The topological polar surface area (TPSA) is 76.8 Å². The summed E-state index contributed by atoms with van der Waals surface area (Å²) in [7, 11) is 3.13. The number of rotatable bonds is 8. The number of carbonyl (C=O) groups is 1. The van der Waals surface area contributed by atoms with Crippen LogP contribution in [0, 0.1) is 0 Å². The van der Waals surface area contributed by atoms with Crippen LogP contribution >= 0.6 is 0 Å². The molecule has 25 heavy (non-hydrogen) atoms. The molecule has 7 heteroatoms. The van der Waals surface area contributed by atoms with E-state index in [1.807, 2.05) is 0 Å². The summed E-state index contributed by atoms with van der Waals surface area (Å²) in [4.78, 5) is 18.8. The van der Waals surface area contributed by atoms with Crippen molar-refractivity contribution in [3.63, 3.8) is 0 Å². The second-order valence-corrected chi connectivity index (χ2v) is 6.38. The van der Waals surface area contributed by atoms with Crippen LogP contribution in [0.25, 0.3) is 11.0 Å². The minimum absolute atomic E-state index is 0.548. The van der Waals surface area contributed by atoms with Crippen LogP contribution < -0.4 is 9.47 Å². The highest BCUT2D eigenvalue weighted by Gasteiger charge is 2.34. The molecular formula is C18H27N3O4. The summed E-state index contributed by atoms with van der Waals surface area (Å²) in [6.45, 7) is 9.80. The number of aromatic nitrogens is 2. The fraction of sp³-hybridized carbons (Fsp3) is 0.556. The second-order valence-electron chi connectivity index (χ2n) is 6.38. The zero-order valence-electron chi connectivity index (χ0n) is 15.8. The smallest absolute Gasteiger partial charge is 0.329 e. The highest BCUT2D eigenvalue weighted by molar-refractivity contribution is 5.85. The first kappa shape index (κ1) is 19.1. The third kappa shape index (κ3) is 3.42. The summed E-state index contributed by atoms with van der Waals surface area (Å²) in [5.41, 5.74) is 0.262. The average molecular weight is 349 g/mol. The molecule has 138 valence electrons. The zero-order chi connectivity index (χ0) is 18.8. The molecule has 1 aromatic carbocycles. The molecular weight excluding hydrogens is 322 g/mol. The molecule has 0 saturated heterocycles. The molecule has 0 radical (unpaired) electrons. The van der Waals surface area contributed by atoms with Crippen molar-refractivity contribution in [2.24, 2.45) is 0 Å². The van der Waals surface area contributed by atoms with Crippen LogP contribution in [0.3, 0.4) is 0 Å². The van der Waals surface area contributed by atoms with Gasteiger partial charge in [0.25, 0.3) is 0 Å². The van der Waals surface area contributed by atoms with Gasteiger partial charge in [0.1, 0.15) is 11.4 Å². The van der Waals surface area contributed by atoms with Gasteiger partial charge in [0.2, 0.25) is 0 Å². The molecule has 0 unspecified atom stereocenters. The monoisotopic (exact) mass is 349 g/mol. The van der Waals surface area contributed by atoms with Gasteiger partial charge in [-0.05, 0) is 26.9 Å². The number of carboxylic acids is 1. The van der Waals surface area contributed by atoms with E-state index in [1.165, 1.54) is 0 Å². The first-order valence-corrected chi connectivity index (χ1v) is 8.39. The Kier molecular flexibility index (Phi) is 5.57. The Morgan fingerprint density at radius 1 is 1.20 bits per heavy atom. The van der Waals surface area contributed by atoms with Crippen LogP contribution in [0.2, 0.25) is 0 Å². The molecule has 0 atom stereocenters. The predicted octanol–water partition coefficient (Wildman–Crippen LogP) is 2.72. The quantitative estimate of drug-likeness (QED) is 0.790. The van der Waals surface area contributed by atoms with Gasteiger partial charge in [0, 0.05) is 12.1 Å². The van der Waals surface area contributed by atoms with Gasteiger partial charge in [-0.3, -0.25) is 4.90 Å². The first-order chi connectivity index (χ1) is 11.8. The lowest BCUT2D eigenvalue weighted by atomic mass is 10.0. The summed E-state index contributed by atoms with van der Waals surface area (Å²) in [6, 6.07) is 3.58. The minimum atomic E-state index is -1.14. The van der Waals surface area contributed by atoms with E-state index < -0.39 is 11.5 Å². The number of imidazole rings is 1. The number of ether oxygens (including phenoxy) is 2. The molecule has 0 aliphatic heterocycles. The van der Waals surface area contributed by atoms with Crippen LogP contribution in [0.15, 0.2) is 12.1 Å². The Balaban J connectivity index is 2.75. The van der Waals surface area contributed by atoms with Crippen LogP contribution in [0.5, 0.6) is 11.5 Å². The van der Waals surface area contributed by atoms with Crippen molar-refractivity contribution in [1.82, 2.24) is 14.5 Å². The van der Waals surface area contributed by atoms with Gasteiger partial charge in [-0.25, -0.2) is 9.78 Å². The Bertz CT molecular complexity index is 763. The van der Waals surface area contributed by atoms with Crippen molar-refractivity contribution in [1.29, 1.82) is 0 Å². The summed E-state index contributed by atoms with van der Waals surface area (Å²) >= 11 is 0. The van der Waals surface area contributed by atoms with Crippen molar-refractivity contribution >= 4 is 17.0 Å². The third-order valence-corrected chi connectivity index (χ3v) is 4.57. The number of carboxylic acid groups (broad SMARTS) is 1. The molecule has 0 bridgehead atoms. The summed E-state index contributed by atoms with van der Waals surface area (Å²) in [5, 5.41) is 9.75. The molecule has 7 nitrogen and oxygen atoms in total. The molecule has 0 aliphatic rings. The van der Waals surface area contributed by atoms with Crippen LogP contribution in [-0.4, -0.2) is 52.8 Å². The Morgan fingerprint density at radius 3 is 2.24 bits per heavy atom. The van der Waals surface area contributed by atoms with Gasteiger partial charge in [0.05, 0.1) is 31.8 Å². The van der Waals surface area contributed by atoms with Crippen molar-refractivity contribution in [2.75, 3.05) is 27.3 Å². The molecule has 1 heterocycles. The summed E-state index contributed by atoms with van der Waals surface area (Å²) in [5.74, 6) is 0.915. The number of benzene rings is 1. The average Bonchev–Trinajstić information content (AvgIpc) is 2.95. The molecule has 0 fully saturated rings. The number of nitrogens with zero attached hydrogens (tertiary/aromatic N) is 3. The van der Waals surface area contributed by atoms with Gasteiger partial charge in [-0.2, -0.15) is 0 Å². The maximum atomic E-state index is 11.9. The Hall–Kier alpha value is -2.28. The Labute approximate surface area is 148 Å². The highest BCUT2D eigenvalue weighted by atomic mass is 16.5. The standard InChI is InChI=1S/C18H27N3O4/c1-7-20(8-2)11-16-19-12-9-14(24-5)15(25-6)10-13(12)21(16)18(3,4)17(22)23/h9-10H,7-8,11H2,1-6H3,(H,22,23). The van der Waals surface area contributed by atoms with Gasteiger partial charge in [-0.15, -0.1) is 0 Å². The zero-order valence-corrected chi connectivity index (χ0v) is 15.8. The Morgan fingerprint density at radius 2 is 1.76 bits per heavy atom. The predicted molar refractivity (Wildman–Crippen MR) is 96.4 cm³/mol. The van der Waals surface area contributed by atoms with Gasteiger partial charge in [0.15, 0.2) is 11.5 Å². The fourth-order valence-electron chi connectivity index (χ4n) is 2.93. The lowest BCUT2D eigenvalue weighted by Crippen LogP contribution is -2.38. The number of fused-ring (bicyclic) bond motifs is 1. The van der Waals surface area contributed by atoms with Crippen LogP contribution in [-0.2, 0) is 16.9 Å². The SMILES string of the molecule is CCN(CC)Cc1nc2cc(OC)c(OC)cc2n1C(C)(C)C(=O)O. The van der Waals surface area contributed by atoms with Crippen molar-refractivity contribution in [2.45, 2.75) is 39.8 Å². The van der Waals surface area contributed by atoms with Crippen molar-refractivity contribution in [3.8, 4) is 11.5 Å². The fourth-order valence-corrected chi connectivity index (χ4v) is 2.93. The van der Waals surface area contributed by atoms with Crippen LogP contribution in [0.4, 0.5) is 0 Å². The maximum Gasteiger partial charge on any atom is 0.329 e. The highest BCUT2D eigenvalue weighted by Crippen LogP contribution is 2.35. The maximum absolute atomic E-state index is 11.9. The van der Waals surface area contributed by atoms with E-state index in [0.717, 1.165) is 13.1 Å². The second kappa shape index (κ2) is 7.31. The van der Waals surface area contributed by atoms with Crippen molar-refractivity contribution in [3.05, 3.63) is 18.0 Å². The normalized spacial score (nSPS) is 12.0. The third-order valence-electron chi connectivity index (χ3n) is 4.57. The van der Waals surface area contributed by atoms with Gasteiger partial charge in [-0.1, -0.05) is 13.8 Å². The lowest BCUT2D eigenvalue weighted by Gasteiger charge is -2.27. The van der Waals surface area contributed by atoms with Gasteiger partial charge >= 0.3 is 5.97 Å². The van der Waals surface area contributed by atoms with E-state index in [2.05, 4.69) is 18.7 Å². The van der Waals surface area contributed by atoms with Crippen LogP contribution in [0.1, 0.15) is 33.5 Å². The summed E-state index contributed by atoms with van der Waals surface area (Å²) < 4.78 is 12.5. The molecule has 1 aromatic heterocycles. The molecule has 0 saturated carbocycles. The molecule has 1 N–H and O–H groups in total. The molecule has 0 amide bonds. The lowest BCUT2D eigenvalue weighted by molar-refractivity contribution is -0.145. The number of hydrogen-bond donors (Lipinski definition) is 1. The molecule has 0 spiro atoms. The van der Waals surface area contributed by atoms with Gasteiger partial charge < -0.3 is 19.1 Å². The molecule has 2 aromatic rings. The van der Waals surface area contributed by atoms with E-state index in [1.54, 1.807) is 44.8 Å². The number of aliphatic carboxylic acids is 1.